The molecule has 3 rings (SSSR count). The van der Waals surface area contributed by atoms with Gasteiger partial charge in [-0.15, -0.1) is 0 Å². The normalized spacial score (nSPS) is 10.2. The third kappa shape index (κ3) is 4.49. The van der Waals surface area contributed by atoms with E-state index in [9.17, 15) is 4.79 Å². The second-order valence-electron chi connectivity index (χ2n) is 5.31. The lowest BCUT2D eigenvalue weighted by Crippen LogP contribution is -2.15. The van der Waals surface area contributed by atoms with Gasteiger partial charge < -0.3 is 15.4 Å². The van der Waals surface area contributed by atoms with Gasteiger partial charge in [0.15, 0.2) is 0 Å². The number of amides is 1. The number of para-hydroxylation sites is 2. The highest BCUT2D eigenvalue weighted by Crippen LogP contribution is 2.24. The molecule has 0 spiro atoms. The van der Waals surface area contributed by atoms with Gasteiger partial charge in [-0.05, 0) is 37.3 Å². The van der Waals surface area contributed by atoms with E-state index < -0.39 is 0 Å². The van der Waals surface area contributed by atoms with Crippen molar-refractivity contribution in [1.82, 2.24) is 9.97 Å². The second-order valence-corrected chi connectivity index (χ2v) is 5.74. The zero-order valence-corrected chi connectivity index (χ0v) is 14.8. The van der Waals surface area contributed by atoms with Crippen LogP contribution >= 0.6 is 11.6 Å². The molecule has 6 nitrogen and oxygen atoms in total. The van der Waals surface area contributed by atoms with Crippen LogP contribution in [0.1, 0.15) is 17.4 Å². The summed E-state index contributed by atoms with van der Waals surface area (Å²) in [6.45, 7) is 2.39. The monoisotopic (exact) mass is 368 g/mol. The van der Waals surface area contributed by atoms with Gasteiger partial charge in [-0.1, -0.05) is 29.8 Å². The molecule has 0 saturated carbocycles. The van der Waals surface area contributed by atoms with Gasteiger partial charge in [0.25, 0.3) is 5.91 Å². The third-order valence-electron chi connectivity index (χ3n) is 3.43. The molecule has 1 aromatic heterocycles. The van der Waals surface area contributed by atoms with E-state index in [2.05, 4.69) is 20.6 Å². The molecule has 7 heteroatoms. The largest absolute Gasteiger partial charge is 0.492 e. The molecule has 132 valence electrons. The fourth-order valence-electron chi connectivity index (χ4n) is 2.30. The number of anilines is 3. The zero-order valence-electron chi connectivity index (χ0n) is 14.1. The Morgan fingerprint density at radius 1 is 1.12 bits per heavy atom. The number of benzene rings is 2. The second kappa shape index (κ2) is 8.31. The molecule has 0 aliphatic carbocycles. The van der Waals surface area contributed by atoms with Gasteiger partial charge in [0, 0.05) is 16.8 Å². The minimum Gasteiger partial charge on any atom is -0.492 e. The van der Waals surface area contributed by atoms with Crippen molar-refractivity contribution >= 4 is 34.7 Å². The standard InChI is InChI=1S/C19H17ClN4O2/c1-2-26-17-9-4-3-8-15(17)24-19(25)16-11-18(22-12-21-16)23-14-7-5-6-13(20)10-14/h3-12H,2H2,1H3,(H,24,25)(H,21,22,23). The van der Waals surface area contributed by atoms with Crippen LogP contribution in [0.25, 0.3) is 0 Å². The fourth-order valence-corrected chi connectivity index (χ4v) is 2.49. The van der Waals surface area contributed by atoms with Crippen molar-refractivity contribution in [3.8, 4) is 5.75 Å². The number of aromatic nitrogens is 2. The molecule has 2 N–H and O–H groups in total. The lowest BCUT2D eigenvalue weighted by atomic mass is 10.2. The summed E-state index contributed by atoms with van der Waals surface area (Å²) < 4.78 is 5.52. The van der Waals surface area contributed by atoms with Gasteiger partial charge in [0.1, 0.15) is 23.6 Å². The summed E-state index contributed by atoms with van der Waals surface area (Å²) in [6, 6.07) is 16.0. The molecule has 0 atom stereocenters. The maximum atomic E-state index is 12.5. The number of nitrogens with zero attached hydrogens (tertiary/aromatic N) is 2. The molecule has 2 aromatic carbocycles. The van der Waals surface area contributed by atoms with Gasteiger partial charge in [0.05, 0.1) is 12.3 Å². The molecule has 3 aromatic rings. The molecule has 0 unspecified atom stereocenters. The van der Waals surface area contributed by atoms with Gasteiger partial charge in [0.2, 0.25) is 0 Å². The molecule has 0 saturated heterocycles. The van der Waals surface area contributed by atoms with Crippen LogP contribution in [0, 0.1) is 0 Å². The average molecular weight is 369 g/mol. The number of ether oxygens (including phenoxy) is 1. The summed E-state index contributed by atoms with van der Waals surface area (Å²) in [5.74, 6) is 0.744. The Hall–Kier alpha value is -3.12. The molecule has 1 heterocycles. The van der Waals surface area contributed by atoms with Crippen molar-refractivity contribution in [3.05, 3.63) is 71.6 Å². The van der Waals surface area contributed by atoms with E-state index in [0.717, 1.165) is 5.69 Å². The highest BCUT2D eigenvalue weighted by Gasteiger charge is 2.12. The average Bonchev–Trinajstić information content (AvgIpc) is 2.64. The maximum Gasteiger partial charge on any atom is 0.274 e. The van der Waals surface area contributed by atoms with Crippen LogP contribution in [0.4, 0.5) is 17.2 Å². The van der Waals surface area contributed by atoms with Gasteiger partial charge >= 0.3 is 0 Å². The van der Waals surface area contributed by atoms with Gasteiger partial charge in [-0.2, -0.15) is 0 Å². The summed E-state index contributed by atoms with van der Waals surface area (Å²) in [5, 5.41) is 6.51. The van der Waals surface area contributed by atoms with E-state index in [0.29, 0.717) is 28.9 Å². The lowest BCUT2D eigenvalue weighted by Gasteiger charge is -2.11. The molecular weight excluding hydrogens is 352 g/mol. The molecule has 0 aliphatic rings. The van der Waals surface area contributed by atoms with Crippen molar-refractivity contribution in [2.45, 2.75) is 6.92 Å². The quantitative estimate of drug-likeness (QED) is 0.668. The zero-order chi connectivity index (χ0) is 18.4. The summed E-state index contributed by atoms with van der Waals surface area (Å²) in [5.41, 5.74) is 1.59. The Morgan fingerprint density at radius 3 is 2.77 bits per heavy atom. The molecular formula is C19H17ClN4O2. The lowest BCUT2D eigenvalue weighted by molar-refractivity contribution is 0.102. The van der Waals surface area contributed by atoms with E-state index in [4.69, 9.17) is 16.3 Å². The summed E-state index contributed by atoms with van der Waals surface area (Å²) in [6.07, 6.45) is 1.33. The van der Waals surface area contributed by atoms with Crippen LogP contribution in [0.5, 0.6) is 5.75 Å². The van der Waals surface area contributed by atoms with E-state index in [1.807, 2.05) is 31.2 Å². The number of halogens is 1. The SMILES string of the molecule is CCOc1ccccc1NC(=O)c1cc(Nc2cccc(Cl)c2)ncn1. The molecule has 0 radical (unpaired) electrons. The Balaban J connectivity index is 1.76. The van der Waals surface area contributed by atoms with Crippen molar-refractivity contribution in [2.24, 2.45) is 0 Å². The predicted octanol–water partition coefficient (Wildman–Crippen LogP) is 4.52. The van der Waals surface area contributed by atoms with Crippen molar-refractivity contribution in [2.75, 3.05) is 17.2 Å². The van der Waals surface area contributed by atoms with E-state index >= 15 is 0 Å². The van der Waals surface area contributed by atoms with Crippen molar-refractivity contribution < 1.29 is 9.53 Å². The number of rotatable bonds is 6. The van der Waals surface area contributed by atoms with E-state index in [-0.39, 0.29) is 11.6 Å². The van der Waals surface area contributed by atoms with Crippen LogP contribution in [-0.2, 0) is 0 Å². The molecule has 0 aliphatic heterocycles. The third-order valence-corrected chi connectivity index (χ3v) is 3.67. The number of hydrogen-bond acceptors (Lipinski definition) is 5. The Morgan fingerprint density at radius 2 is 1.96 bits per heavy atom. The van der Waals surface area contributed by atoms with E-state index in [1.54, 1.807) is 30.3 Å². The smallest absolute Gasteiger partial charge is 0.274 e. The number of hydrogen-bond donors (Lipinski definition) is 2. The van der Waals surface area contributed by atoms with Crippen LogP contribution in [0.2, 0.25) is 5.02 Å². The summed E-state index contributed by atoms with van der Waals surface area (Å²) >= 11 is 5.97. The molecule has 1 amide bonds. The summed E-state index contributed by atoms with van der Waals surface area (Å²) in [7, 11) is 0. The van der Waals surface area contributed by atoms with Gasteiger partial charge in [-0.25, -0.2) is 9.97 Å². The van der Waals surface area contributed by atoms with Crippen molar-refractivity contribution in [1.29, 1.82) is 0 Å². The first-order chi connectivity index (χ1) is 12.7. The number of nitrogens with one attached hydrogen (secondary N) is 2. The number of carbonyl (C=O) groups excluding carboxylic acids is 1. The molecule has 26 heavy (non-hydrogen) atoms. The Labute approximate surface area is 156 Å². The highest BCUT2D eigenvalue weighted by atomic mass is 35.5. The Bertz CT molecular complexity index is 917. The molecule has 0 bridgehead atoms. The van der Waals surface area contributed by atoms with Crippen LogP contribution in [0.3, 0.4) is 0 Å². The predicted molar refractivity (Wildman–Crippen MR) is 102 cm³/mol. The minimum atomic E-state index is -0.353. The van der Waals surface area contributed by atoms with Crippen LogP contribution in [0.15, 0.2) is 60.9 Å². The first-order valence-corrected chi connectivity index (χ1v) is 8.41. The Kier molecular flexibility index (Phi) is 5.66. The molecule has 0 fully saturated rings. The first kappa shape index (κ1) is 17.7. The van der Waals surface area contributed by atoms with Crippen molar-refractivity contribution in [3.63, 3.8) is 0 Å². The fraction of sp³-hybridized carbons (Fsp3) is 0.105. The van der Waals surface area contributed by atoms with Crippen LogP contribution < -0.4 is 15.4 Å². The topological polar surface area (TPSA) is 76.1 Å². The van der Waals surface area contributed by atoms with E-state index in [1.165, 1.54) is 6.33 Å². The maximum absolute atomic E-state index is 12.5. The first-order valence-electron chi connectivity index (χ1n) is 8.03. The minimum absolute atomic E-state index is 0.232. The highest BCUT2D eigenvalue weighted by molar-refractivity contribution is 6.30. The van der Waals surface area contributed by atoms with Crippen LogP contribution in [-0.4, -0.2) is 22.5 Å². The summed E-state index contributed by atoms with van der Waals surface area (Å²) in [4.78, 5) is 20.7. The number of carbonyl (C=O) groups is 1. The van der Waals surface area contributed by atoms with Gasteiger partial charge in [-0.3, -0.25) is 4.79 Å².